The number of rotatable bonds is 10. The summed E-state index contributed by atoms with van der Waals surface area (Å²) in [4.78, 5) is 28.8. The number of nitrogens with zero attached hydrogens (tertiary/aromatic N) is 2. The molecule has 0 atom stereocenters. The van der Waals surface area contributed by atoms with E-state index in [0.29, 0.717) is 34.8 Å². The van der Waals surface area contributed by atoms with Crippen LogP contribution < -0.4 is 16.0 Å². The first-order valence-electron chi connectivity index (χ1n) is 10.0. The second-order valence-electron chi connectivity index (χ2n) is 7.25. The minimum Gasteiger partial charge on any atom is -0.496 e. The molecule has 0 aliphatic carbocycles. The third-order valence-corrected chi connectivity index (χ3v) is 5.95. The van der Waals surface area contributed by atoms with E-state index < -0.39 is 0 Å². The van der Waals surface area contributed by atoms with E-state index >= 15 is 0 Å². The number of hydrogen-bond donors (Lipinski definition) is 1. The molecule has 2 aromatic carbocycles. The average molecular weight is 426 g/mol. The van der Waals surface area contributed by atoms with Gasteiger partial charge in [-0.25, -0.2) is 4.98 Å². The van der Waals surface area contributed by atoms with Crippen LogP contribution in [0.3, 0.4) is 0 Å². The quantitative estimate of drug-likeness (QED) is 0.301. The van der Waals surface area contributed by atoms with Crippen molar-refractivity contribution in [3.8, 4) is 5.75 Å². The number of carbonyl (C=O) groups is 1. The van der Waals surface area contributed by atoms with Crippen molar-refractivity contribution in [1.29, 1.82) is 0 Å². The second kappa shape index (κ2) is 10.3. The molecule has 0 radical (unpaired) electrons. The van der Waals surface area contributed by atoms with Crippen LogP contribution in [-0.2, 0) is 17.1 Å². The van der Waals surface area contributed by atoms with Gasteiger partial charge < -0.3 is 10.5 Å². The van der Waals surface area contributed by atoms with Gasteiger partial charge in [0, 0.05) is 24.3 Å². The van der Waals surface area contributed by atoms with Crippen molar-refractivity contribution >= 4 is 28.6 Å². The number of methoxy groups -OCH3 is 1. The molecular formula is C23H27N3O3S. The lowest BCUT2D eigenvalue weighted by Gasteiger charge is -2.14. The molecule has 3 rings (SSSR count). The van der Waals surface area contributed by atoms with Gasteiger partial charge in [-0.05, 0) is 38.0 Å². The minimum atomic E-state index is -0.289. The van der Waals surface area contributed by atoms with Crippen molar-refractivity contribution < 1.29 is 9.53 Å². The number of para-hydroxylation sites is 1. The summed E-state index contributed by atoms with van der Waals surface area (Å²) in [7, 11) is 1.66. The highest BCUT2D eigenvalue weighted by Crippen LogP contribution is 2.28. The first-order chi connectivity index (χ1) is 14.5. The summed E-state index contributed by atoms with van der Waals surface area (Å²) in [5, 5.41) is 1.31. The molecule has 1 aromatic heterocycles. The van der Waals surface area contributed by atoms with E-state index in [1.165, 1.54) is 11.8 Å². The van der Waals surface area contributed by atoms with Gasteiger partial charge in [0.15, 0.2) is 5.16 Å². The SMILES string of the molecule is COc1ccc(C)cc1CSc1nc2ccccc2c(=O)n1CCCCCC(N)=O. The van der Waals surface area contributed by atoms with Crippen molar-refractivity contribution in [3.63, 3.8) is 0 Å². The number of benzene rings is 2. The number of unbranched alkanes of at least 4 members (excludes halogenated alkanes) is 2. The summed E-state index contributed by atoms with van der Waals surface area (Å²) >= 11 is 1.53. The van der Waals surface area contributed by atoms with E-state index in [0.717, 1.165) is 36.1 Å². The number of nitrogens with two attached hydrogens (primary N) is 1. The van der Waals surface area contributed by atoms with Crippen LogP contribution in [0.5, 0.6) is 5.75 Å². The third kappa shape index (κ3) is 5.42. The van der Waals surface area contributed by atoms with E-state index in [1.54, 1.807) is 11.7 Å². The Morgan fingerprint density at radius 2 is 1.97 bits per heavy atom. The fourth-order valence-electron chi connectivity index (χ4n) is 3.36. The van der Waals surface area contributed by atoms with Crippen LogP contribution >= 0.6 is 11.8 Å². The van der Waals surface area contributed by atoms with Crippen LogP contribution in [0.15, 0.2) is 52.4 Å². The Morgan fingerprint density at radius 3 is 2.73 bits per heavy atom. The molecule has 1 heterocycles. The number of aromatic nitrogens is 2. The van der Waals surface area contributed by atoms with Crippen LogP contribution in [0.25, 0.3) is 10.9 Å². The molecule has 7 heteroatoms. The smallest absolute Gasteiger partial charge is 0.262 e. The number of thioether (sulfide) groups is 1. The zero-order valence-corrected chi connectivity index (χ0v) is 18.2. The molecule has 3 aromatic rings. The number of ether oxygens (including phenoxy) is 1. The van der Waals surface area contributed by atoms with Crippen molar-refractivity contribution in [2.75, 3.05) is 7.11 Å². The Morgan fingerprint density at radius 1 is 1.17 bits per heavy atom. The first-order valence-corrected chi connectivity index (χ1v) is 11.0. The van der Waals surface area contributed by atoms with Gasteiger partial charge in [-0.15, -0.1) is 0 Å². The number of carbonyl (C=O) groups excluding carboxylic acids is 1. The van der Waals surface area contributed by atoms with E-state index in [1.807, 2.05) is 43.3 Å². The Labute approximate surface area is 180 Å². The molecular weight excluding hydrogens is 398 g/mol. The highest BCUT2D eigenvalue weighted by Gasteiger charge is 2.13. The van der Waals surface area contributed by atoms with Crippen LogP contribution in [-0.4, -0.2) is 22.6 Å². The van der Waals surface area contributed by atoms with Gasteiger partial charge in [-0.3, -0.25) is 14.2 Å². The van der Waals surface area contributed by atoms with Gasteiger partial charge in [0.1, 0.15) is 5.75 Å². The molecule has 158 valence electrons. The maximum atomic E-state index is 13.1. The fourth-order valence-corrected chi connectivity index (χ4v) is 4.37. The lowest BCUT2D eigenvalue weighted by molar-refractivity contribution is -0.118. The Balaban J connectivity index is 1.85. The molecule has 0 spiro atoms. The lowest BCUT2D eigenvalue weighted by atomic mass is 10.1. The van der Waals surface area contributed by atoms with E-state index in [9.17, 15) is 9.59 Å². The van der Waals surface area contributed by atoms with Gasteiger partial charge in [0.2, 0.25) is 5.91 Å². The molecule has 1 amide bonds. The summed E-state index contributed by atoms with van der Waals surface area (Å²) in [5.74, 6) is 1.19. The van der Waals surface area contributed by atoms with E-state index in [4.69, 9.17) is 15.5 Å². The highest BCUT2D eigenvalue weighted by molar-refractivity contribution is 7.98. The van der Waals surface area contributed by atoms with E-state index in [2.05, 4.69) is 6.07 Å². The van der Waals surface area contributed by atoms with Crippen LogP contribution in [0.1, 0.15) is 36.8 Å². The second-order valence-corrected chi connectivity index (χ2v) is 8.19. The topological polar surface area (TPSA) is 87.2 Å². The average Bonchev–Trinajstić information content (AvgIpc) is 2.73. The molecule has 2 N–H and O–H groups in total. The molecule has 6 nitrogen and oxygen atoms in total. The van der Waals surface area contributed by atoms with Gasteiger partial charge in [-0.2, -0.15) is 0 Å². The van der Waals surface area contributed by atoms with Crippen LogP contribution in [0.2, 0.25) is 0 Å². The summed E-state index contributed by atoms with van der Waals surface area (Å²) in [6.45, 7) is 2.60. The molecule has 0 fully saturated rings. The van der Waals surface area contributed by atoms with Crippen LogP contribution in [0.4, 0.5) is 0 Å². The van der Waals surface area contributed by atoms with Crippen molar-refractivity contribution in [2.24, 2.45) is 5.73 Å². The summed E-state index contributed by atoms with van der Waals surface area (Å²) in [6.07, 6.45) is 2.72. The molecule has 0 bridgehead atoms. The third-order valence-electron chi connectivity index (χ3n) is 4.92. The number of hydrogen-bond acceptors (Lipinski definition) is 5. The molecule has 0 saturated heterocycles. The number of fused-ring (bicyclic) bond motifs is 1. The maximum absolute atomic E-state index is 13.1. The van der Waals surface area contributed by atoms with Crippen LogP contribution in [0, 0.1) is 6.92 Å². The van der Waals surface area contributed by atoms with Gasteiger partial charge in [-0.1, -0.05) is 48.0 Å². The molecule has 0 unspecified atom stereocenters. The normalized spacial score (nSPS) is 11.0. The number of aryl methyl sites for hydroxylation is 1. The summed E-state index contributed by atoms with van der Waals surface area (Å²) in [6, 6.07) is 13.5. The molecule has 0 saturated carbocycles. The van der Waals surface area contributed by atoms with Gasteiger partial charge in [0.05, 0.1) is 18.0 Å². The summed E-state index contributed by atoms with van der Waals surface area (Å²) in [5.41, 5.74) is 8.10. The predicted molar refractivity (Wildman–Crippen MR) is 121 cm³/mol. The lowest BCUT2D eigenvalue weighted by Crippen LogP contribution is -2.23. The molecule has 30 heavy (non-hydrogen) atoms. The molecule has 0 aliphatic rings. The Bertz CT molecular complexity index is 1090. The largest absolute Gasteiger partial charge is 0.496 e. The van der Waals surface area contributed by atoms with Gasteiger partial charge in [0.25, 0.3) is 5.56 Å². The Kier molecular flexibility index (Phi) is 7.52. The zero-order valence-electron chi connectivity index (χ0n) is 17.4. The standard InChI is InChI=1S/C23H27N3O3S/c1-16-11-12-20(29-2)17(14-16)15-30-23-25-19-9-6-5-8-18(19)22(28)26(23)13-7-3-4-10-21(24)27/h5-6,8-9,11-12,14H,3-4,7,10,13,15H2,1-2H3,(H2,24,27). The Hall–Kier alpha value is -2.80. The predicted octanol–water partition coefficient (Wildman–Crippen LogP) is 4.05. The maximum Gasteiger partial charge on any atom is 0.262 e. The zero-order chi connectivity index (χ0) is 21.5. The fraction of sp³-hybridized carbons (Fsp3) is 0.348. The minimum absolute atomic E-state index is 0.0331. The van der Waals surface area contributed by atoms with Crippen molar-refractivity contribution in [3.05, 3.63) is 63.9 Å². The highest BCUT2D eigenvalue weighted by atomic mass is 32.2. The van der Waals surface area contributed by atoms with Crippen molar-refractivity contribution in [1.82, 2.24) is 9.55 Å². The van der Waals surface area contributed by atoms with Crippen molar-refractivity contribution in [2.45, 2.75) is 50.1 Å². The monoisotopic (exact) mass is 425 g/mol. The molecule has 0 aliphatic heterocycles. The summed E-state index contributed by atoms with van der Waals surface area (Å²) < 4.78 is 7.23. The number of primary amides is 1. The first kappa shape index (κ1) is 21.9. The number of amides is 1. The van der Waals surface area contributed by atoms with Gasteiger partial charge >= 0.3 is 0 Å². The van der Waals surface area contributed by atoms with E-state index in [-0.39, 0.29) is 11.5 Å².